The van der Waals surface area contributed by atoms with Gasteiger partial charge in [0.25, 0.3) is 0 Å². The first kappa shape index (κ1) is 14.0. The van der Waals surface area contributed by atoms with Gasteiger partial charge in [0, 0.05) is 41.7 Å². The number of likely N-dealkylation sites (N-methyl/N-ethyl adjacent to an activating group) is 1. The Labute approximate surface area is 130 Å². The van der Waals surface area contributed by atoms with E-state index in [1.54, 1.807) is 47.0 Å². The second kappa shape index (κ2) is 6.19. The van der Waals surface area contributed by atoms with E-state index in [2.05, 4.69) is 20.6 Å². The monoisotopic (exact) mass is 318 g/mol. The summed E-state index contributed by atoms with van der Waals surface area (Å²) in [6, 6.07) is 2.04. The average molecular weight is 318 g/mol. The minimum Gasteiger partial charge on any atom is -0.341 e. The molecule has 1 amide bonds. The zero-order valence-electron chi connectivity index (χ0n) is 11.4. The van der Waals surface area contributed by atoms with Crippen LogP contribution in [-0.4, -0.2) is 33.0 Å². The number of aromatic amines is 1. The molecule has 3 aromatic heterocycles. The van der Waals surface area contributed by atoms with Gasteiger partial charge in [0.05, 0.1) is 18.3 Å². The van der Waals surface area contributed by atoms with Crippen LogP contribution in [0.3, 0.4) is 0 Å². The van der Waals surface area contributed by atoms with Gasteiger partial charge in [0.1, 0.15) is 5.01 Å². The fourth-order valence-corrected chi connectivity index (χ4v) is 3.45. The molecule has 0 aliphatic rings. The number of thiophene rings is 1. The standard InChI is InChI=1S/C14H14N4OS2/c1-18(7-10-5-15-16-6-10)13(19)4-12-9-21-14(17-12)11-2-3-20-8-11/h2-3,5-6,8-9H,4,7H2,1H3,(H,15,16). The van der Waals surface area contributed by atoms with Crippen LogP contribution in [0.15, 0.2) is 34.6 Å². The molecule has 0 fully saturated rings. The third-order valence-corrected chi connectivity index (χ3v) is 4.68. The Balaban J connectivity index is 1.62. The van der Waals surface area contributed by atoms with Crippen molar-refractivity contribution in [2.24, 2.45) is 0 Å². The molecule has 0 spiro atoms. The van der Waals surface area contributed by atoms with Crippen LogP contribution in [0.2, 0.25) is 0 Å². The molecule has 108 valence electrons. The SMILES string of the molecule is CN(Cc1cn[nH]c1)C(=O)Cc1csc(-c2ccsc2)n1. The summed E-state index contributed by atoms with van der Waals surface area (Å²) in [5, 5.41) is 13.6. The predicted molar refractivity (Wildman–Crippen MR) is 84.2 cm³/mol. The number of carbonyl (C=O) groups excluding carboxylic acids is 1. The number of nitrogens with one attached hydrogen (secondary N) is 1. The van der Waals surface area contributed by atoms with Gasteiger partial charge < -0.3 is 4.90 Å². The molecule has 3 aromatic rings. The van der Waals surface area contributed by atoms with Crippen molar-refractivity contribution >= 4 is 28.6 Å². The highest BCUT2D eigenvalue weighted by Crippen LogP contribution is 2.25. The van der Waals surface area contributed by atoms with Gasteiger partial charge in [0.15, 0.2) is 0 Å². The average Bonchev–Trinajstić information content (AvgIpc) is 3.20. The van der Waals surface area contributed by atoms with Crippen LogP contribution >= 0.6 is 22.7 Å². The zero-order valence-corrected chi connectivity index (χ0v) is 13.1. The predicted octanol–water partition coefficient (Wildman–Crippen LogP) is 2.80. The van der Waals surface area contributed by atoms with E-state index in [4.69, 9.17) is 0 Å². The van der Waals surface area contributed by atoms with Gasteiger partial charge in [-0.25, -0.2) is 4.98 Å². The maximum absolute atomic E-state index is 12.2. The number of hydrogen-bond acceptors (Lipinski definition) is 5. The molecular weight excluding hydrogens is 304 g/mol. The summed E-state index contributed by atoms with van der Waals surface area (Å²) in [4.78, 5) is 18.4. The number of hydrogen-bond donors (Lipinski definition) is 1. The van der Waals surface area contributed by atoms with Crippen molar-refractivity contribution in [3.8, 4) is 10.6 Å². The van der Waals surface area contributed by atoms with Crippen molar-refractivity contribution in [1.29, 1.82) is 0 Å². The van der Waals surface area contributed by atoms with Crippen molar-refractivity contribution in [1.82, 2.24) is 20.1 Å². The van der Waals surface area contributed by atoms with E-state index < -0.39 is 0 Å². The van der Waals surface area contributed by atoms with E-state index in [1.807, 2.05) is 16.8 Å². The molecular formula is C14H14N4OS2. The zero-order chi connectivity index (χ0) is 14.7. The lowest BCUT2D eigenvalue weighted by atomic mass is 10.2. The summed E-state index contributed by atoms with van der Waals surface area (Å²) < 4.78 is 0. The van der Waals surface area contributed by atoms with E-state index in [1.165, 1.54) is 0 Å². The lowest BCUT2D eigenvalue weighted by Gasteiger charge is -2.15. The van der Waals surface area contributed by atoms with Crippen molar-refractivity contribution in [2.45, 2.75) is 13.0 Å². The maximum Gasteiger partial charge on any atom is 0.228 e. The molecule has 0 aromatic carbocycles. The van der Waals surface area contributed by atoms with E-state index in [-0.39, 0.29) is 5.91 Å². The third-order valence-electron chi connectivity index (χ3n) is 3.05. The highest BCUT2D eigenvalue weighted by molar-refractivity contribution is 7.14. The molecule has 3 heterocycles. The van der Waals surface area contributed by atoms with Crippen LogP contribution < -0.4 is 0 Å². The number of rotatable bonds is 5. The Morgan fingerprint density at radius 3 is 3.05 bits per heavy atom. The Morgan fingerprint density at radius 1 is 1.43 bits per heavy atom. The molecule has 1 N–H and O–H groups in total. The molecule has 0 unspecified atom stereocenters. The van der Waals surface area contributed by atoms with Crippen molar-refractivity contribution in [2.75, 3.05) is 7.05 Å². The van der Waals surface area contributed by atoms with Crippen molar-refractivity contribution in [3.63, 3.8) is 0 Å². The lowest BCUT2D eigenvalue weighted by molar-refractivity contribution is -0.129. The highest BCUT2D eigenvalue weighted by atomic mass is 32.1. The molecule has 0 saturated heterocycles. The Morgan fingerprint density at radius 2 is 2.33 bits per heavy atom. The normalized spacial score (nSPS) is 10.7. The minimum absolute atomic E-state index is 0.0540. The Hall–Kier alpha value is -1.99. The molecule has 3 rings (SSSR count). The number of carbonyl (C=O) groups is 1. The molecule has 5 nitrogen and oxygen atoms in total. The number of nitrogens with zero attached hydrogens (tertiary/aromatic N) is 3. The first-order chi connectivity index (χ1) is 10.2. The molecule has 7 heteroatoms. The van der Waals surface area contributed by atoms with Gasteiger partial charge in [-0.15, -0.1) is 11.3 Å². The fraction of sp³-hybridized carbons (Fsp3) is 0.214. The smallest absolute Gasteiger partial charge is 0.228 e. The van der Waals surface area contributed by atoms with Crippen LogP contribution in [0.4, 0.5) is 0 Å². The van der Waals surface area contributed by atoms with Crippen LogP contribution in [0.5, 0.6) is 0 Å². The molecule has 0 saturated carbocycles. The fourth-order valence-electron chi connectivity index (χ4n) is 1.92. The van der Waals surface area contributed by atoms with Crippen LogP contribution in [0.25, 0.3) is 10.6 Å². The van der Waals surface area contributed by atoms with Crippen LogP contribution in [-0.2, 0) is 17.8 Å². The first-order valence-corrected chi connectivity index (χ1v) is 8.23. The molecule has 0 aliphatic heterocycles. The molecule has 0 radical (unpaired) electrons. The third kappa shape index (κ3) is 3.37. The van der Waals surface area contributed by atoms with Crippen molar-refractivity contribution < 1.29 is 4.79 Å². The number of thiazole rings is 1. The maximum atomic E-state index is 12.2. The summed E-state index contributed by atoms with van der Waals surface area (Å²) in [7, 11) is 1.79. The number of amides is 1. The van der Waals surface area contributed by atoms with Gasteiger partial charge in [0.2, 0.25) is 5.91 Å². The van der Waals surface area contributed by atoms with Crippen LogP contribution in [0, 0.1) is 0 Å². The van der Waals surface area contributed by atoms with Crippen molar-refractivity contribution in [3.05, 3.63) is 45.9 Å². The highest BCUT2D eigenvalue weighted by Gasteiger charge is 2.13. The lowest BCUT2D eigenvalue weighted by Crippen LogP contribution is -2.27. The summed E-state index contributed by atoms with van der Waals surface area (Å²) >= 11 is 3.22. The number of aromatic nitrogens is 3. The van der Waals surface area contributed by atoms with Gasteiger partial charge in [-0.2, -0.15) is 16.4 Å². The second-order valence-corrected chi connectivity index (χ2v) is 6.33. The summed E-state index contributed by atoms with van der Waals surface area (Å²) in [5.74, 6) is 0.0540. The van der Waals surface area contributed by atoms with Gasteiger partial charge in [-0.1, -0.05) is 0 Å². The van der Waals surface area contributed by atoms with E-state index in [9.17, 15) is 4.79 Å². The van der Waals surface area contributed by atoms with Gasteiger partial charge in [-0.3, -0.25) is 9.89 Å². The summed E-state index contributed by atoms with van der Waals surface area (Å²) in [6.07, 6.45) is 3.84. The quantitative estimate of drug-likeness (QED) is 0.787. The first-order valence-electron chi connectivity index (χ1n) is 6.41. The second-order valence-electron chi connectivity index (χ2n) is 4.69. The Kier molecular flexibility index (Phi) is 4.12. The van der Waals surface area contributed by atoms with Crippen LogP contribution in [0.1, 0.15) is 11.3 Å². The van der Waals surface area contributed by atoms with Gasteiger partial charge in [-0.05, 0) is 11.4 Å². The Bertz CT molecular complexity index is 703. The van der Waals surface area contributed by atoms with Gasteiger partial charge >= 0.3 is 0 Å². The topological polar surface area (TPSA) is 61.9 Å². The van der Waals surface area contributed by atoms with E-state index in [0.29, 0.717) is 13.0 Å². The number of H-pyrrole nitrogens is 1. The summed E-state index contributed by atoms with van der Waals surface area (Å²) in [5.41, 5.74) is 2.93. The largest absolute Gasteiger partial charge is 0.341 e. The van der Waals surface area contributed by atoms with E-state index >= 15 is 0 Å². The molecule has 0 aliphatic carbocycles. The molecule has 0 atom stereocenters. The molecule has 0 bridgehead atoms. The minimum atomic E-state index is 0.0540. The van der Waals surface area contributed by atoms with E-state index in [0.717, 1.165) is 21.8 Å². The molecule has 21 heavy (non-hydrogen) atoms. The summed E-state index contributed by atoms with van der Waals surface area (Å²) in [6.45, 7) is 0.552.